The van der Waals surface area contributed by atoms with Crippen molar-refractivity contribution < 1.29 is 4.79 Å². The van der Waals surface area contributed by atoms with Crippen LogP contribution in [0.2, 0.25) is 0 Å². The second kappa shape index (κ2) is 11.3. The number of carbonyl (C=O) groups excluding carboxylic acids is 1. The maximum atomic E-state index is 11.5. The maximum absolute atomic E-state index is 11.5. The number of nitrogens with zero attached hydrogens (tertiary/aromatic N) is 2. The first-order valence-electron chi connectivity index (χ1n) is 8.85. The van der Waals surface area contributed by atoms with Gasteiger partial charge in [-0.25, -0.2) is 0 Å². The van der Waals surface area contributed by atoms with Gasteiger partial charge in [0.05, 0.1) is 0 Å². The molecule has 0 radical (unpaired) electrons. The minimum absolute atomic E-state index is 0. The lowest BCUT2D eigenvalue weighted by molar-refractivity contribution is -0.121. The predicted molar refractivity (Wildman–Crippen MR) is 115 cm³/mol. The molecule has 1 saturated heterocycles. The first-order chi connectivity index (χ1) is 11.6. The van der Waals surface area contributed by atoms with E-state index in [1.807, 2.05) is 13.1 Å². The molecule has 0 bridgehead atoms. The number of hydrogen-bond acceptors (Lipinski definition) is 2. The highest BCUT2D eigenvalue weighted by atomic mass is 127. The Balaban J connectivity index is 0.00000312. The van der Waals surface area contributed by atoms with Crippen LogP contribution in [0, 0.1) is 5.92 Å². The first kappa shape index (κ1) is 21.7. The Morgan fingerprint density at radius 2 is 1.92 bits per heavy atom. The number of hydrogen-bond donors (Lipinski definition) is 2. The fourth-order valence-electron chi connectivity index (χ4n) is 3.19. The lowest BCUT2D eigenvalue weighted by Crippen LogP contribution is -2.46. The standard InChI is InChI=1S/C19H30N4O.HI/c1-15(17-7-5-4-6-8-17)14-22-19(21-3)23-11-9-16(10-12-23)13-18(24)20-2;/h4-8,15-16H,9-14H2,1-3H3,(H,20,24)(H,21,22);1H. The molecule has 2 N–H and O–H groups in total. The Kier molecular flexibility index (Phi) is 9.85. The maximum Gasteiger partial charge on any atom is 0.220 e. The molecule has 6 heteroatoms. The van der Waals surface area contributed by atoms with Gasteiger partial charge in [-0.3, -0.25) is 9.79 Å². The molecular weight excluding hydrogens is 427 g/mol. The Hall–Kier alpha value is -1.31. The number of nitrogens with one attached hydrogen (secondary N) is 2. The average Bonchev–Trinajstić information content (AvgIpc) is 2.63. The summed E-state index contributed by atoms with van der Waals surface area (Å²) in [6, 6.07) is 10.5. The topological polar surface area (TPSA) is 56.7 Å². The zero-order chi connectivity index (χ0) is 17.4. The van der Waals surface area contributed by atoms with Crippen LogP contribution in [-0.2, 0) is 4.79 Å². The number of benzene rings is 1. The Morgan fingerprint density at radius 1 is 1.28 bits per heavy atom. The molecule has 1 atom stereocenters. The SMILES string of the molecule is CN=C(NCC(C)c1ccccc1)N1CCC(CC(=O)NC)CC1.I. The monoisotopic (exact) mass is 458 g/mol. The second-order valence-electron chi connectivity index (χ2n) is 6.55. The molecule has 2 rings (SSSR count). The van der Waals surface area contributed by atoms with E-state index in [1.165, 1.54) is 5.56 Å². The molecule has 140 valence electrons. The molecular formula is C19H31IN4O. The normalized spacial score (nSPS) is 16.8. The van der Waals surface area contributed by atoms with Gasteiger partial charge < -0.3 is 15.5 Å². The quantitative estimate of drug-likeness (QED) is 0.406. The number of carbonyl (C=O) groups is 1. The fourth-order valence-corrected chi connectivity index (χ4v) is 3.19. The number of piperidine rings is 1. The second-order valence-corrected chi connectivity index (χ2v) is 6.55. The van der Waals surface area contributed by atoms with Gasteiger partial charge in [0.25, 0.3) is 0 Å². The molecule has 0 saturated carbocycles. The van der Waals surface area contributed by atoms with Crippen molar-refractivity contribution >= 4 is 35.8 Å². The molecule has 25 heavy (non-hydrogen) atoms. The molecule has 0 aromatic heterocycles. The molecule has 5 nitrogen and oxygen atoms in total. The largest absolute Gasteiger partial charge is 0.359 e. The molecule has 0 spiro atoms. The average molecular weight is 458 g/mol. The van der Waals surface area contributed by atoms with Crippen molar-refractivity contribution in [3.8, 4) is 0 Å². The van der Waals surface area contributed by atoms with Crippen LogP contribution in [0.5, 0.6) is 0 Å². The lowest BCUT2D eigenvalue weighted by atomic mass is 9.93. The number of halogens is 1. The number of likely N-dealkylation sites (tertiary alicyclic amines) is 1. The van der Waals surface area contributed by atoms with Crippen molar-refractivity contribution in [3.63, 3.8) is 0 Å². The van der Waals surface area contributed by atoms with E-state index in [-0.39, 0.29) is 29.9 Å². The molecule has 1 heterocycles. The van der Waals surface area contributed by atoms with Gasteiger partial charge in [-0.2, -0.15) is 0 Å². The molecule has 1 aromatic carbocycles. The van der Waals surface area contributed by atoms with Gasteiger partial charge in [-0.15, -0.1) is 24.0 Å². The third-order valence-corrected chi connectivity index (χ3v) is 4.81. The Morgan fingerprint density at radius 3 is 2.48 bits per heavy atom. The van der Waals surface area contributed by atoms with E-state index in [1.54, 1.807) is 7.05 Å². The highest BCUT2D eigenvalue weighted by molar-refractivity contribution is 14.0. The molecule has 1 fully saturated rings. The summed E-state index contributed by atoms with van der Waals surface area (Å²) in [5.74, 6) is 2.04. The summed E-state index contributed by atoms with van der Waals surface area (Å²) in [5, 5.41) is 6.22. The minimum Gasteiger partial charge on any atom is -0.359 e. The van der Waals surface area contributed by atoms with E-state index >= 15 is 0 Å². The summed E-state index contributed by atoms with van der Waals surface area (Å²) in [6.45, 7) is 5.02. The van der Waals surface area contributed by atoms with Gasteiger partial charge in [-0.05, 0) is 30.2 Å². The summed E-state index contributed by atoms with van der Waals surface area (Å²) in [6.07, 6.45) is 2.73. The van der Waals surface area contributed by atoms with Crippen LogP contribution in [0.25, 0.3) is 0 Å². The van der Waals surface area contributed by atoms with Gasteiger partial charge >= 0.3 is 0 Å². The summed E-state index contributed by atoms with van der Waals surface area (Å²) in [5.41, 5.74) is 1.34. The van der Waals surface area contributed by atoms with Crippen LogP contribution in [0.4, 0.5) is 0 Å². The molecule has 1 unspecified atom stereocenters. The van der Waals surface area contributed by atoms with Crippen LogP contribution in [0.3, 0.4) is 0 Å². The fraction of sp³-hybridized carbons (Fsp3) is 0.579. The summed E-state index contributed by atoms with van der Waals surface area (Å²) in [4.78, 5) is 18.2. The smallest absolute Gasteiger partial charge is 0.220 e. The highest BCUT2D eigenvalue weighted by Gasteiger charge is 2.23. The zero-order valence-corrected chi connectivity index (χ0v) is 17.8. The third kappa shape index (κ3) is 6.84. The van der Waals surface area contributed by atoms with Gasteiger partial charge in [-0.1, -0.05) is 37.3 Å². The Labute approximate surface area is 168 Å². The van der Waals surface area contributed by atoms with Gasteiger partial charge in [0.1, 0.15) is 0 Å². The first-order valence-corrected chi connectivity index (χ1v) is 8.85. The van der Waals surface area contributed by atoms with Gasteiger partial charge in [0.15, 0.2) is 5.96 Å². The van der Waals surface area contributed by atoms with Crippen molar-refractivity contribution in [2.75, 3.05) is 33.7 Å². The van der Waals surface area contributed by atoms with Crippen LogP contribution in [-0.4, -0.2) is 50.5 Å². The lowest BCUT2D eigenvalue weighted by Gasteiger charge is -2.34. The van der Waals surface area contributed by atoms with E-state index in [0.29, 0.717) is 18.3 Å². The van der Waals surface area contributed by atoms with Crippen molar-refractivity contribution in [2.24, 2.45) is 10.9 Å². The minimum atomic E-state index is 0. The number of rotatable bonds is 5. The van der Waals surface area contributed by atoms with Gasteiger partial charge in [0, 0.05) is 40.2 Å². The Bertz CT molecular complexity index is 542. The van der Waals surface area contributed by atoms with E-state index in [0.717, 1.165) is 38.4 Å². The van der Waals surface area contributed by atoms with Crippen LogP contribution >= 0.6 is 24.0 Å². The van der Waals surface area contributed by atoms with Crippen molar-refractivity contribution in [2.45, 2.75) is 32.1 Å². The molecule has 1 aliphatic heterocycles. The summed E-state index contributed by atoms with van der Waals surface area (Å²) >= 11 is 0. The van der Waals surface area contributed by atoms with Gasteiger partial charge in [0.2, 0.25) is 5.91 Å². The van der Waals surface area contributed by atoms with E-state index in [2.05, 4.69) is 51.7 Å². The number of aliphatic imine (C=N–C) groups is 1. The van der Waals surface area contributed by atoms with Crippen LogP contribution in [0.15, 0.2) is 35.3 Å². The third-order valence-electron chi connectivity index (χ3n) is 4.81. The van der Waals surface area contributed by atoms with E-state index in [9.17, 15) is 4.79 Å². The van der Waals surface area contributed by atoms with Crippen LogP contribution in [0.1, 0.15) is 37.7 Å². The van der Waals surface area contributed by atoms with Crippen molar-refractivity contribution in [3.05, 3.63) is 35.9 Å². The molecule has 1 amide bonds. The zero-order valence-electron chi connectivity index (χ0n) is 15.5. The summed E-state index contributed by atoms with van der Waals surface area (Å²) in [7, 11) is 3.54. The van der Waals surface area contributed by atoms with E-state index < -0.39 is 0 Å². The molecule has 1 aromatic rings. The van der Waals surface area contributed by atoms with Crippen molar-refractivity contribution in [1.29, 1.82) is 0 Å². The van der Waals surface area contributed by atoms with E-state index in [4.69, 9.17) is 0 Å². The highest BCUT2D eigenvalue weighted by Crippen LogP contribution is 2.20. The summed E-state index contributed by atoms with van der Waals surface area (Å²) < 4.78 is 0. The number of amides is 1. The van der Waals surface area contributed by atoms with Crippen molar-refractivity contribution in [1.82, 2.24) is 15.5 Å². The predicted octanol–water partition coefficient (Wildman–Crippen LogP) is 2.83. The van der Waals surface area contributed by atoms with Crippen LogP contribution < -0.4 is 10.6 Å². The number of guanidine groups is 1. The molecule has 0 aliphatic carbocycles. The molecule has 1 aliphatic rings.